The second kappa shape index (κ2) is 53.7. The lowest BCUT2D eigenvalue weighted by atomic mass is 10.1. The van der Waals surface area contributed by atoms with E-state index in [4.69, 9.17) is 14.2 Å². The van der Waals surface area contributed by atoms with Crippen LogP contribution in [0.2, 0.25) is 0 Å². The van der Waals surface area contributed by atoms with Crippen LogP contribution in [0, 0.1) is 0 Å². The summed E-state index contributed by atoms with van der Waals surface area (Å²) in [4.78, 5) is 38.0. The molecule has 374 valence electrons. The number of hydrogen-bond acceptors (Lipinski definition) is 6. The fraction of sp³-hybridized carbons (Fsp3) is 0.650. The summed E-state index contributed by atoms with van der Waals surface area (Å²) in [7, 11) is 0. The van der Waals surface area contributed by atoms with Gasteiger partial charge in [-0.15, -0.1) is 0 Å². The smallest absolute Gasteiger partial charge is 0.306 e. The van der Waals surface area contributed by atoms with Crippen LogP contribution in [0.3, 0.4) is 0 Å². The molecule has 0 aromatic heterocycles. The molecule has 0 spiro atoms. The number of esters is 3. The summed E-state index contributed by atoms with van der Waals surface area (Å²) in [5.41, 5.74) is 0. The van der Waals surface area contributed by atoms with E-state index >= 15 is 0 Å². The second-order valence-corrected chi connectivity index (χ2v) is 17.4. The number of hydrogen-bond donors (Lipinski definition) is 0. The largest absolute Gasteiger partial charge is 0.462 e. The van der Waals surface area contributed by atoms with E-state index in [1.807, 2.05) is 0 Å². The van der Waals surface area contributed by atoms with Crippen molar-refractivity contribution in [3.63, 3.8) is 0 Å². The number of ether oxygens (including phenoxy) is 3. The van der Waals surface area contributed by atoms with Crippen molar-refractivity contribution in [3.05, 3.63) is 109 Å². The summed E-state index contributed by atoms with van der Waals surface area (Å²) in [6, 6.07) is 0. The van der Waals surface area contributed by atoms with Crippen LogP contribution in [0.15, 0.2) is 109 Å². The zero-order valence-corrected chi connectivity index (χ0v) is 42.7. The molecule has 0 N–H and O–H groups in total. The molecule has 0 aliphatic heterocycles. The van der Waals surface area contributed by atoms with Crippen molar-refractivity contribution in [2.75, 3.05) is 13.2 Å². The molecule has 0 amide bonds. The molecule has 0 aliphatic rings. The average molecular weight is 915 g/mol. The summed E-state index contributed by atoms with van der Waals surface area (Å²) in [6.07, 6.45) is 72.2. The van der Waals surface area contributed by atoms with Gasteiger partial charge in [0.1, 0.15) is 13.2 Å². The van der Waals surface area contributed by atoms with Crippen molar-refractivity contribution in [2.24, 2.45) is 0 Å². The van der Waals surface area contributed by atoms with E-state index in [1.165, 1.54) is 64.2 Å². The Hall–Kier alpha value is -3.93. The van der Waals surface area contributed by atoms with Crippen molar-refractivity contribution in [3.8, 4) is 0 Å². The van der Waals surface area contributed by atoms with Gasteiger partial charge in [0.25, 0.3) is 0 Å². The Morgan fingerprint density at radius 2 is 0.606 bits per heavy atom. The molecule has 1 atom stereocenters. The Morgan fingerprint density at radius 3 is 0.970 bits per heavy atom. The lowest BCUT2D eigenvalue weighted by Gasteiger charge is -2.18. The SMILES string of the molecule is CC/C=C\C/C=C\C/C=C\CCCCCCCCCCCC(=O)OCC(COC(=O)CCCCCCC/C=C\C/C=C\CC)OC(=O)CCC/C=C\C/C=C\C/C=C\C/C=C\CCCCC. The van der Waals surface area contributed by atoms with Gasteiger partial charge in [0.05, 0.1) is 0 Å². The molecule has 66 heavy (non-hydrogen) atoms. The minimum absolute atomic E-state index is 0.109. The van der Waals surface area contributed by atoms with Crippen molar-refractivity contribution in [1.29, 1.82) is 0 Å². The first kappa shape index (κ1) is 62.1. The number of unbranched alkanes of at least 4 members (excludes halogenated alkanes) is 18. The molecule has 0 aliphatic carbocycles. The first-order valence-electron chi connectivity index (χ1n) is 26.9. The van der Waals surface area contributed by atoms with Gasteiger partial charge in [-0.2, -0.15) is 0 Å². The van der Waals surface area contributed by atoms with Gasteiger partial charge >= 0.3 is 17.9 Å². The fourth-order valence-corrected chi connectivity index (χ4v) is 7.02. The first-order valence-corrected chi connectivity index (χ1v) is 26.9. The van der Waals surface area contributed by atoms with Gasteiger partial charge in [0, 0.05) is 19.3 Å². The van der Waals surface area contributed by atoms with Gasteiger partial charge in [-0.25, -0.2) is 0 Å². The fourth-order valence-electron chi connectivity index (χ4n) is 7.02. The highest BCUT2D eigenvalue weighted by atomic mass is 16.6. The van der Waals surface area contributed by atoms with Crippen LogP contribution in [0.4, 0.5) is 0 Å². The van der Waals surface area contributed by atoms with Crippen molar-refractivity contribution in [1.82, 2.24) is 0 Å². The van der Waals surface area contributed by atoms with Crippen LogP contribution in [-0.4, -0.2) is 37.2 Å². The maximum absolute atomic E-state index is 12.8. The first-order chi connectivity index (χ1) is 32.5. The van der Waals surface area contributed by atoms with E-state index in [-0.39, 0.29) is 37.5 Å². The van der Waals surface area contributed by atoms with E-state index in [9.17, 15) is 14.4 Å². The lowest BCUT2D eigenvalue weighted by Crippen LogP contribution is -2.30. The van der Waals surface area contributed by atoms with Crippen LogP contribution < -0.4 is 0 Å². The number of carbonyl (C=O) groups excluding carboxylic acids is 3. The Morgan fingerprint density at radius 1 is 0.318 bits per heavy atom. The third kappa shape index (κ3) is 51.1. The van der Waals surface area contributed by atoms with Gasteiger partial charge in [-0.05, 0) is 116 Å². The molecule has 0 bridgehead atoms. The molecular formula is C60H98O6. The standard InChI is InChI=1S/C60H98O6/c1-4-7-10-13-16-19-22-25-27-29-30-32-33-35-38-41-44-47-50-53-59(62)65-56-57(55-64-58(61)52-49-46-43-40-37-24-21-18-15-12-9-6-3)66-60(63)54-51-48-45-42-39-36-34-31-28-26-23-20-17-14-11-8-5-2/h7,9-10,12,16-21,25-28,34,36,42,45,57H,4-6,8,11,13-15,22-24,29-33,35,37-41,43-44,46-56H2,1-3H3/b10-7-,12-9-,19-16-,20-17-,21-18-,27-25-,28-26-,36-34-,45-42-. The van der Waals surface area contributed by atoms with E-state index in [1.54, 1.807) is 0 Å². The quantitative estimate of drug-likeness (QED) is 0.0262. The molecule has 0 rings (SSSR count). The number of allylic oxidation sites excluding steroid dienone is 18. The third-order valence-electron chi connectivity index (χ3n) is 11.0. The van der Waals surface area contributed by atoms with Gasteiger partial charge in [0.15, 0.2) is 6.10 Å². The van der Waals surface area contributed by atoms with Gasteiger partial charge in [0.2, 0.25) is 0 Å². The van der Waals surface area contributed by atoms with Crippen molar-refractivity contribution >= 4 is 17.9 Å². The Kier molecular flexibility index (Phi) is 50.5. The topological polar surface area (TPSA) is 78.9 Å². The van der Waals surface area contributed by atoms with Crippen molar-refractivity contribution in [2.45, 2.75) is 239 Å². The molecule has 6 nitrogen and oxygen atoms in total. The van der Waals surface area contributed by atoms with Gasteiger partial charge in [-0.3, -0.25) is 14.4 Å². The van der Waals surface area contributed by atoms with Crippen LogP contribution in [-0.2, 0) is 28.6 Å². The minimum Gasteiger partial charge on any atom is -0.462 e. The monoisotopic (exact) mass is 915 g/mol. The maximum atomic E-state index is 12.8. The normalized spacial score (nSPS) is 13.0. The summed E-state index contributed by atoms with van der Waals surface area (Å²) in [6.45, 7) is 6.32. The van der Waals surface area contributed by atoms with Gasteiger partial charge < -0.3 is 14.2 Å². The predicted octanol–water partition coefficient (Wildman–Crippen LogP) is 17.9. The molecular weight excluding hydrogens is 817 g/mol. The highest BCUT2D eigenvalue weighted by Crippen LogP contribution is 2.14. The Labute approximate surface area is 406 Å². The number of carbonyl (C=O) groups is 3. The van der Waals surface area contributed by atoms with E-state index in [2.05, 4.69) is 130 Å². The molecule has 0 heterocycles. The lowest BCUT2D eigenvalue weighted by molar-refractivity contribution is -0.167. The maximum Gasteiger partial charge on any atom is 0.306 e. The summed E-state index contributed by atoms with van der Waals surface area (Å²) >= 11 is 0. The molecule has 0 aromatic rings. The van der Waals surface area contributed by atoms with Crippen LogP contribution >= 0.6 is 0 Å². The predicted molar refractivity (Wildman–Crippen MR) is 283 cm³/mol. The summed E-state index contributed by atoms with van der Waals surface area (Å²) < 4.78 is 16.8. The van der Waals surface area contributed by atoms with E-state index in [0.29, 0.717) is 19.3 Å². The molecule has 0 aromatic carbocycles. The minimum atomic E-state index is -0.816. The van der Waals surface area contributed by atoms with Gasteiger partial charge in [-0.1, -0.05) is 207 Å². The van der Waals surface area contributed by atoms with E-state index < -0.39 is 6.10 Å². The average Bonchev–Trinajstić information content (AvgIpc) is 3.31. The Balaban J connectivity index is 4.47. The highest BCUT2D eigenvalue weighted by molar-refractivity contribution is 5.71. The molecule has 0 radical (unpaired) electrons. The molecule has 0 saturated heterocycles. The molecule has 0 fully saturated rings. The summed E-state index contributed by atoms with van der Waals surface area (Å²) in [5, 5.41) is 0. The van der Waals surface area contributed by atoms with Crippen LogP contribution in [0.25, 0.3) is 0 Å². The third-order valence-corrected chi connectivity index (χ3v) is 11.0. The zero-order chi connectivity index (χ0) is 47.9. The number of rotatable bonds is 47. The van der Waals surface area contributed by atoms with Crippen LogP contribution in [0.5, 0.6) is 0 Å². The summed E-state index contributed by atoms with van der Waals surface area (Å²) in [5.74, 6) is -0.990. The highest BCUT2D eigenvalue weighted by Gasteiger charge is 2.19. The van der Waals surface area contributed by atoms with Crippen molar-refractivity contribution < 1.29 is 28.6 Å². The molecule has 1 unspecified atom stereocenters. The Bertz CT molecular complexity index is 1370. The second-order valence-electron chi connectivity index (χ2n) is 17.4. The molecule has 6 heteroatoms. The zero-order valence-electron chi connectivity index (χ0n) is 42.7. The van der Waals surface area contributed by atoms with E-state index in [0.717, 1.165) is 122 Å². The molecule has 0 saturated carbocycles. The van der Waals surface area contributed by atoms with Crippen LogP contribution in [0.1, 0.15) is 233 Å².